The third-order valence-electron chi connectivity index (χ3n) is 2.40. The first-order valence-electron chi connectivity index (χ1n) is 5.34. The van der Waals surface area contributed by atoms with Crippen molar-refractivity contribution in [3.8, 4) is 5.75 Å². The Morgan fingerprint density at radius 1 is 1.44 bits per heavy atom. The molecule has 3 N–H and O–H groups in total. The lowest BCUT2D eigenvalue weighted by Gasteiger charge is -2.17. The van der Waals surface area contributed by atoms with Crippen molar-refractivity contribution in [3.63, 3.8) is 0 Å². The van der Waals surface area contributed by atoms with Crippen molar-refractivity contribution in [1.82, 2.24) is 5.43 Å². The second kappa shape index (κ2) is 5.68. The summed E-state index contributed by atoms with van der Waals surface area (Å²) in [5.41, 5.74) is 6.26. The van der Waals surface area contributed by atoms with E-state index in [9.17, 15) is 0 Å². The van der Waals surface area contributed by atoms with Crippen LogP contribution in [0.3, 0.4) is 0 Å². The third-order valence-corrected chi connectivity index (χ3v) is 2.40. The first-order chi connectivity index (χ1) is 7.58. The van der Waals surface area contributed by atoms with Gasteiger partial charge in [0.25, 0.3) is 0 Å². The predicted octanol–water partition coefficient (Wildman–Crippen LogP) is 2.47. The van der Waals surface area contributed by atoms with Crippen LogP contribution in [0.2, 0.25) is 0 Å². The van der Waals surface area contributed by atoms with E-state index in [2.05, 4.69) is 24.5 Å². The van der Waals surface area contributed by atoms with Gasteiger partial charge in [-0.3, -0.25) is 5.84 Å². The third kappa shape index (κ3) is 3.08. The Kier molecular flexibility index (Phi) is 4.52. The molecule has 1 rings (SSSR count). The van der Waals surface area contributed by atoms with E-state index in [1.165, 1.54) is 11.1 Å². The number of allylic oxidation sites excluding steroid dienone is 1. The molecule has 0 aliphatic carbocycles. The summed E-state index contributed by atoms with van der Waals surface area (Å²) < 4.78 is 5.34. The highest BCUT2D eigenvalue weighted by molar-refractivity contribution is 5.41. The molecule has 0 heterocycles. The van der Waals surface area contributed by atoms with Crippen molar-refractivity contribution < 1.29 is 4.74 Å². The van der Waals surface area contributed by atoms with Crippen molar-refractivity contribution in [1.29, 1.82) is 0 Å². The van der Waals surface area contributed by atoms with Crippen LogP contribution >= 0.6 is 0 Å². The monoisotopic (exact) mass is 220 g/mol. The lowest BCUT2D eigenvalue weighted by atomic mass is 10.0. The fourth-order valence-corrected chi connectivity index (χ4v) is 1.66. The van der Waals surface area contributed by atoms with E-state index in [0.717, 1.165) is 11.3 Å². The van der Waals surface area contributed by atoms with E-state index >= 15 is 0 Å². The van der Waals surface area contributed by atoms with E-state index in [1.807, 2.05) is 26.0 Å². The van der Waals surface area contributed by atoms with E-state index in [4.69, 9.17) is 10.6 Å². The summed E-state index contributed by atoms with van der Waals surface area (Å²) in [5.74, 6) is 6.43. The van der Waals surface area contributed by atoms with Crippen LogP contribution in [0, 0.1) is 6.92 Å². The van der Waals surface area contributed by atoms with Crippen molar-refractivity contribution in [2.45, 2.75) is 26.8 Å². The van der Waals surface area contributed by atoms with Gasteiger partial charge in [0.15, 0.2) is 0 Å². The molecular weight excluding hydrogens is 200 g/mol. The lowest BCUT2D eigenvalue weighted by Crippen LogP contribution is -2.27. The van der Waals surface area contributed by atoms with Gasteiger partial charge in [0.2, 0.25) is 0 Å². The van der Waals surface area contributed by atoms with E-state index in [-0.39, 0.29) is 6.04 Å². The average Bonchev–Trinajstić information content (AvgIpc) is 2.25. The quantitative estimate of drug-likeness (QED) is 0.465. The zero-order chi connectivity index (χ0) is 12.1. The maximum atomic E-state index is 5.58. The van der Waals surface area contributed by atoms with Crippen LogP contribution in [0.1, 0.15) is 31.0 Å². The van der Waals surface area contributed by atoms with Crippen LogP contribution < -0.4 is 16.0 Å². The highest BCUT2D eigenvalue weighted by atomic mass is 16.5. The van der Waals surface area contributed by atoms with Gasteiger partial charge in [-0.2, -0.15) is 0 Å². The molecule has 88 valence electrons. The minimum Gasteiger partial charge on any atom is -0.496 e. The lowest BCUT2D eigenvalue weighted by molar-refractivity contribution is 0.405. The molecule has 1 aromatic carbocycles. The molecule has 0 aliphatic heterocycles. The van der Waals surface area contributed by atoms with Crippen LogP contribution in [0.25, 0.3) is 0 Å². The fourth-order valence-electron chi connectivity index (χ4n) is 1.66. The summed E-state index contributed by atoms with van der Waals surface area (Å²) in [6.45, 7) is 6.15. The second-order valence-electron chi connectivity index (χ2n) is 4.13. The molecule has 0 spiro atoms. The number of benzene rings is 1. The Bertz CT molecular complexity index is 382. The molecule has 1 aromatic rings. The summed E-state index contributed by atoms with van der Waals surface area (Å²) in [4.78, 5) is 0. The number of aryl methyl sites for hydroxylation is 1. The van der Waals surface area contributed by atoms with Crippen LogP contribution in [-0.4, -0.2) is 7.11 Å². The number of methoxy groups -OCH3 is 1. The topological polar surface area (TPSA) is 47.3 Å². The van der Waals surface area contributed by atoms with Gasteiger partial charge < -0.3 is 4.74 Å². The van der Waals surface area contributed by atoms with Crippen LogP contribution in [-0.2, 0) is 0 Å². The SMILES string of the molecule is COc1ccc(C)cc1C(C=C(C)C)NN. The minimum atomic E-state index is -0.0140. The van der Waals surface area contributed by atoms with E-state index < -0.39 is 0 Å². The van der Waals surface area contributed by atoms with Gasteiger partial charge in [-0.25, -0.2) is 5.43 Å². The van der Waals surface area contributed by atoms with Crippen LogP contribution in [0.5, 0.6) is 5.75 Å². The number of nitrogens with two attached hydrogens (primary N) is 1. The predicted molar refractivity (Wildman–Crippen MR) is 67.2 cm³/mol. The molecule has 0 saturated carbocycles. The number of rotatable bonds is 4. The summed E-state index contributed by atoms with van der Waals surface area (Å²) in [6.07, 6.45) is 2.08. The van der Waals surface area contributed by atoms with Crippen LogP contribution in [0.4, 0.5) is 0 Å². The molecule has 0 amide bonds. The van der Waals surface area contributed by atoms with Gasteiger partial charge in [-0.15, -0.1) is 0 Å². The van der Waals surface area contributed by atoms with Gasteiger partial charge in [-0.05, 0) is 26.8 Å². The minimum absolute atomic E-state index is 0.0140. The molecule has 0 radical (unpaired) electrons. The molecule has 3 heteroatoms. The zero-order valence-electron chi connectivity index (χ0n) is 10.4. The Labute approximate surface area is 97.3 Å². The molecule has 3 nitrogen and oxygen atoms in total. The van der Waals surface area contributed by atoms with Gasteiger partial charge in [0.05, 0.1) is 13.2 Å². The van der Waals surface area contributed by atoms with Gasteiger partial charge in [0, 0.05) is 5.56 Å². The van der Waals surface area contributed by atoms with Crippen molar-refractivity contribution in [2.24, 2.45) is 5.84 Å². The molecule has 0 bridgehead atoms. The zero-order valence-corrected chi connectivity index (χ0v) is 10.4. The maximum absolute atomic E-state index is 5.58. The molecule has 16 heavy (non-hydrogen) atoms. The Morgan fingerprint density at radius 3 is 2.62 bits per heavy atom. The number of hydrogen-bond acceptors (Lipinski definition) is 3. The maximum Gasteiger partial charge on any atom is 0.124 e. The number of nitrogens with one attached hydrogen (secondary N) is 1. The van der Waals surface area contributed by atoms with Crippen molar-refractivity contribution in [3.05, 3.63) is 41.0 Å². The number of hydrogen-bond donors (Lipinski definition) is 2. The smallest absolute Gasteiger partial charge is 0.124 e. The average molecular weight is 220 g/mol. The number of hydrazine groups is 1. The molecule has 0 saturated heterocycles. The normalized spacial score (nSPS) is 12.1. The standard InChI is InChI=1S/C13H20N2O/c1-9(2)7-12(15-14)11-8-10(3)5-6-13(11)16-4/h5-8,12,15H,14H2,1-4H3. The first-order valence-corrected chi connectivity index (χ1v) is 5.34. The second-order valence-corrected chi connectivity index (χ2v) is 4.13. The fraction of sp³-hybridized carbons (Fsp3) is 0.385. The van der Waals surface area contributed by atoms with Crippen LogP contribution in [0.15, 0.2) is 29.8 Å². The Morgan fingerprint density at radius 2 is 2.12 bits per heavy atom. The largest absolute Gasteiger partial charge is 0.496 e. The highest BCUT2D eigenvalue weighted by Crippen LogP contribution is 2.27. The molecule has 0 fully saturated rings. The van der Waals surface area contributed by atoms with Gasteiger partial charge in [0.1, 0.15) is 5.75 Å². The summed E-state index contributed by atoms with van der Waals surface area (Å²) in [5, 5.41) is 0. The Balaban J connectivity index is 3.17. The van der Waals surface area contributed by atoms with E-state index in [0.29, 0.717) is 0 Å². The Hall–Kier alpha value is -1.32. The van der Waals surface area contributed by atoms with Crippen molar-refractivity contribution >= 4 is 0 Å². The summed E-state index contributed by atoms with van der Waals surface area (Å²) in [6, 6.07) is 6.06. The van der Waals surface area contributed by atoms with E-state index in [1.54, 1.807) is 7.11 Å². The molecular formula is C13H20N2O. The molecule has 1 unspecified atom stereocenters. The highest BCUT2D eigenvalue weighted by Gasteiger charge is 2.12. The number of ether oxygens (including phenoxy) is 1. The first kappa shape index (κ1) is 12.7. The summed E-state index contributed by atoms with van der Waals surface area (Å²) in [7, 11) is 1.67. The van der Waals surface area contributed by atoms with Gasteiger partial charge >= 0.3 is 0 Å². The summed E-state index contributed by atoms with van der Waals surface area (Å²) >= 11 is 0. The molecule has 0 aliphatic rings. The van der Waals surface area contributed by atoms with Crippen molar-refractivity contribution in [2.75, 3.05) is 7.11 Å². The van der Waals surface area contributed by atoms with Gasteiger partial charge in [-0.1, -0.05) is 29.3 Å². The molecule has 0 aromatic heterocycles. The molecule has 1 atom stereocenters.